The molecule has 1 fully saturated rings. The second kappa shape index (κ2) is 5.58. The Kier molecular flexibility index (Phi) is 3.81. The van der Waals surface area contributed by atoms with Gasteiger partial charge in [0, 0.05) is 24.0 Å². The van der Waals surface area contributed by atoms with E-state index in [0.717, 1.165) is 23.8 Å². The molecule has 0 radical (unpaired) electrons. The van der Waals surface area contributed by atoms with Gasteiger partial charge in [-0.05, 0) is 38.8 Å². The second-order valence-corrected chi connectivity index (χ2v) is 6.06. The molecule has 0 spiro atoms. The summed E-state index contributed by atoms with van der Waals surface area (Å²) in [5.41, 5.74) is 8.31. The summed E-state index contributed by atoms with van der Waals surface area (Å²) < 4.78 is 5.90. The maximum Gasteiger partial charge on any atom is 0.134 e. The Morgan fingerprint density at radius 1 is 1.35 bits per heavy atom. The number of likely N-dealkylation sites (N-methyl/N-ethyl adjacent to an activating group) is 1. The van der Waals surface area contributed by atoms with E-state index in [2.05, 4.69) is 31.0 Å². The maximum absolute atomic E-state index is 6.08. The minimum Gasteiger partial charge on any atom is -0.461 e. The minimum absolute atomic E-state index is 0.249. The number of nitrogens with two attached hydrogens (primary N) is 1. The van der Waals surface area contributed by atoms with Crippen LogP contribution in [0.25, 0.3) is 11.0 Å². The van der Waals surface area contributed by atoms with Crippen molar-refractivity contribution in [2.24, 2.45) is 11.7 Å². The molecule has 1 atom stereocenters. The van der Waals surface area contributed by atoms with Gasteiger partial charge in [0.25, 0.3) is 0 Å². The summed E-state index contributed by atoms with van der Waals surface area (Å²) in [5, 5.41) is 1.21. The van der Waals surface area contributed by atoms with Crippen molar-refractivity contribution in [2.75, 3.05) is 20.1 Å². The van der Waals surface area contributed by atoms with E-state index in [4.69, 9.17) is 10.2 Å². The summed E-state index contributed by atoms with van der Waals surface area (Å²) in [6.45, 7) is 3.82. The fourth-order valence-corrected chi connectivity index (χ4v) is 3.33. The number of fused-ring (bicyclic) bond motifs is 1. The van der Waals surface area contributed by atoms with Crippen LogP contribution in [-0.4, -0.2) is 25.0 Å². The molecule has 3 heteroatoms. The Morgan fingerprint density at radius 3 is 2.75 bits per heavy atom. The maximum atomic E-state index is 6.08. The molecule has 108 valence electrons. The van der Waals surface area contributed by atoms with E-state index in [1.165, 1.54) is 30.2 Å². The van der Waals surface area contributed by atoms with Gasteiger partial charge in [0.15, 0.2) is 0 Å². The monoisotopic (exact) mass is 272 g/mol. The van der Waals surface area contributed by atoms with E-state index in [1.54, 1.807) is 0 Å². The normalized spacial score (nSPS) is 17.6. The number of hydrogen-bond donors (Lipinski definition) is 1. The fraction of sp³-hybridized carbons (Fsp3) is 0.529. The number of benzene rings is 1. The lowest BCUT2D eigenvalue weighted by Gasteiger charge is -2.34. The van der Waals surface area contributed by atoms with Gasteiger partial charge in [-0.15, -0.1) is 0 Å². The van der Waals surface area contributed by atoms with Crippen LogP contribution >= 0.6 is 0 Å². The van der Waals surface area contributed by atoms with E-state index in [9.17, 15) is 0 Å². The highest BCUT2D eigenvalue weighted by atomic mass is 16.3. The molecule has 1 saturated carbocycles. The number of rotatable bonds is 5. The smallest absolute Gasteiger partial charge is 0.134 e. The van der Waals surface area contributed by atoms with Crippen molar-refractivity contribution in [2.45, 2.75) is 32.2 Å². The largest absolute Gasteiger partial charge is 0.461 e. The van der Waals surface area contributed by atoms with Crippen LogP contribution in [0.2, 0.25) is 0 Å². The van der Waals surface area contributed by atoms with E-state index in [1.807, 2.05) is 12.1 Å². The molecule has 0 saturated heterocycles. The molecule has 0 amide bonds. The first-order valence-corrected chi connectivity index (χ1v) is 7.59. The van der Waals surface area contributed by atoms with Crippen LogP contribution in [0.5, 0.6) is 0 Å². The highest BCUT2D eigenvalue weighted by Gasteiger charge is 2.26. The molecule has 2 aromatic rings. The number of nitrogens with zero attached hydrogens (tertiary/aromatic N) is 1. The summed E-state index contributed by atoms with van der Waals surface area (Å²) in [5.74, 6) is 1.86. The number of hydrogen-bond acceptors (Lipinski definition) is 3. The summed E-state index contributed by atoms with van der Waals surface area (Å²) in [6.07, 6.45) is 4.12. The molecule has 0 aliphatic heterocycles. The molecule has 1 aromatic carbocycles. The third kappa shape index (κ3) is 2.36. The second-order valence-electron chi connectivity index (χ2n) is 6.06. The number of furan rings is 1. The zero-order chi connectivity index (χ0) is 14.1. The molecule has 1 aliphatic carbocycles. The van der Waals surface area contributed by atoms with Crippen molar-refractivity contribution < 1.29 is 4.42 Å². The quantitative estimate of drug-likeness (QED) is 0.906. The molecule has 1 aliphatic rings. The Labute approximate surface area is 120 Å². The van der Waals surface area contributed by atoms with Gasteiger partial charge in [0.2, 0.25) is 0 Å². The van der Waals surface area contributed by atoms with Gasteiger partial charge < -0.3 is 10.2 Å². The van der Waals surface area contributed by atoms with Gasteiger partial charge >= 0.3 is 0 Å². The molecule has 1 heterocycles. The van der Waals surface area contributed by atoms with E-state index >= 15 is 0 Å². The zero-order valence-corrected chi connectivity index (χ0v) is 12.4. The van der Waals surface area contributed by atoms with E-state index in [0.29, 0.717) is 6.54 Å². The molecule has 1 aromatic heterocycles. The average molecular weight is 272 g/mol. The summed E-state index contributed by atoms with van der Waals surface area (Å²) in [6, 6.07) is 8.51. The van der Waals surface area contributed by atoms with Crippen LogP contribution in [0.1, 0.15) is 36.6 Å². The van der Waals surface area contributed by atoms with Crippen LogP contribution < -0.4 is 5.73 Å². The molecule has 3 rings (SSSR count). The van der Waals surface area contributed by atoms with E-state index < -0.39 is 0 Å². The Balaban J connectivity index is 1.91. The Bertz CT molecular complexity index is 586. The number of para-hydroxylation sites is 1. The summed E-state index contributed by atoms with van der Waals surface area (Å²) in [7, 11) is 2.19. The van der Waals surface area contributed by atoms with Crippen molar-refractivity contribution >= 4 is 11.0 Å². The van der Waals surface area contributed by atoms with Gasteiger partial charge in [0.1, 0.15) is 11.3 Å². The van der Waals surface area contributed by atoms with Crippen LogP contribution in [-0.2, 0) is 0 Å². The summed E-state index contributed by atoms with van der Waals surface area (Å²) in [4.78, 5) is 2.41. The fourth-order valence-electron chi connectivity index (χ4n) is 3.33. The third-order valence-electron chi connectivity index (χ3n) is 4.68. The first kappa shape index (κ1) is 13.7. The average Bonchev–Trinajstić information content (AvgIpc) is 2.72. The molecular weight excluding hydrogens is 248 g/mol. The topological polar surface area (TPSA) is 42.4 Å². The van der Waals surface area contributed by atoms with Gasteiger partial charge in [-0.1, -0.05) is 24.6 Å². The molecule has 2 N–H and O–H groups in total. The van der Waals surface area contributed by atoms with Gasteiger partial charge in [-0.2, -0.15) is 0 Å². The zero-order valence-electron chi connectivity index (χ0n) is 12.4. The lowest BCUT2D eigenvalue weighted by atomic mass is 9.84. The first-order chi connectivity index (χ1) is 9.70. The van der Waals surface area contributed by atoms with Crippen LogP contribution in [0.15, 0.2) is 28.7 Å². The van der Waals surface area contributed by atoms with Gasteiger partial charge in [0.05, 0.1) is 6.04 Å². The van der Waals surface area contributed by atoms with Crippen molar-refractivity contribution in [3.8, 4) is 0 Å². The molecule has 1 unspecified atom stereocenters. The molecule has 0 bridgehead atoms. The third-order valence-corrected chi connectivity index (χ3v) is 4.68. The van der Waals surface area contributed by atoms with Crippen molar-refractivity contribution in [3.05, 3.63) is 35.6 Å². The SMILES string of the molecule is Cc1oc2ccccc2c1C(CN)N(C)CC1CCC1. The molecule has 3 nitrogen and oxygen atoms in total. The van der Waals surface area contributed by atoms with Crippen molar-refractivity contribution in [3.63, 3.8) is 0 Å². The van der Waals surface area contributed by atoms with Crippen LogP contribution in [0.3, 0.4) is 0 Å². The van der Waals surface area contributed by atoms with E-state index in [-0.39, 0.29) is 6.04 Å². The Morgan fingerprint density at radius 2 is 2.10 bits per heavy atom. The minimum atomic E-state index is 0.249. The highest BCUT2D eigenvalue weighted by Crippen LogP contribution is 2.34. The Hall–Kier alpha value is -1.32. The molecule has 20 heavy (non-hydrogen) atoms. The lowest BCUT2D eigenvalue weighted by Crippen LogP contribution is -2.36. The van der Waals surface area contributed by atoms with Crippen LogP contribution in [0, 0.1) is 12.8 Å². The van der Waals surface area contributed by atoms with Crippen molar-refractivity contribution in [1.29, 1.82) is 0 Å². The summed E-state index contributed by atoms with van der Waals surface area (Å²) >= 11 is 0. The van der Waals surface area contributed by atoms with Gasteiger partial charge in [-0.25, -0.2) is 0 Å². The van der Waals surface area contributed by atoms with Crippen LogP contribution in [0.4, 0.5) is 0 Å². The first-order valence-electron chi connectivity index (χ1n) is 7.59. The molecular formula is C17H24N2O. The van der Waals surface area contributed by atoms with Gasteiger partial charge in [-0.3, -0.25) is 4.90 Å². The standard InChI is InChI=1S/C17H24N2O/c1-12-17(14-8-3-4-9-16(14)20-12)15(10-18)19(2)11-13-6-5-7-13/h3-4,8-9,13,15H,5-7,10-11,18H2,1-2H3. The lowest BCUT2D eigenvalue weighted by molar-refractivity contribution is 0.164. The van der Waals surface area contributed by atoms with Crippen molar-refractivity contribution in [1.82, 2.24) is 4.90 Å². The number of aryl methyl sites for hydroxylation is 1. The highest BCUT2D eigenvalue weighted by molar-refractivity contribution is 5.82. The predicted octanol–water partition coefficient (Wildman–Crippen LogP) is 3.47. The predicted molar refractivity (Wildman–Crippen MR) is 82.7 cm³/mol.